The Morgan fingerprint density at radius 2 is 1.44 bits per heavy atom. The number of nitrogens with one attached hydrogen (secondary N) is 2. The van der Waals surface area contributed by atoms with Crippen LogP contribution in [0.3, 0.4) is 0 Å². The number of amides is 2. The van der Waals surface area contributed by atoms with Crippen LogP contribution in [0.15, 0.2) is 78.9 Å². The number of piperidine rings is 1. The monoisotopic (exact) mass is 427 g/mol. The van der Waals surface area contributed by atoms with Crippen LogP contribution in [0.5, 0.6) is 0 Å². The van der Waals surface area contributed by atoms with Gasteiger partial charge in [0.25, 0.3) is 11.8 Å². The molecule has 0 bridgehead atoms. The van der Waals surface area contributed by atoms with Crippen LogP contribution in [0.1, 0.15) is 44.7 Å². The number of hydrogen-bond acceptors (Lipinski definition) is 3. The Morgan fingerprint density at radius 1 is 0.812 bits per heavy atom. The summed E-state index contributed by atoms with van der Waals surface area (Å²) in [4.78, 5) is 27.8. The van der Waals surface area contributed by atoms with Crippen molar-refractivity contribution in [3.8, 4) is 0 Å². The Morgan fingerprint density at radius 3 is 2.16 bits per heavy atom. The maximum atomic E-state index is 12.9. The quantitative estimate of drug-likeness (QED) is 0.616. The second kappa shape index (κ2) is 10.1. The van der Waals surface area contributed by atoms with E-state index in [0.29, 0.717) is 12.1 Å². The molecule has 3 aromatic carbocycles. The summed E-state index contributed by atoms with van der Waals surface area (Å²) in [6.07, 6.45) is 1.69. The average molecular weight is 428 g/mol. The highest BCUT2D eigenvalue weighted by molar-refractivity contribution is 6.00. The molecule has 4 rings (SSSR count). The van der Waals surface area contributed by atoms with Gasteiger partial charge in [-0.05, 0) is 49.1 Å². The van der Waals surface area contributed by atoms with E-state index in [1.54, 1.807) is 0 Å². The molecule has 1 fully saturated rings. The lowest BCUT2D eigenvalue weighted by molar-refractivity contribution is 0.0929. The van der Waals surface area contributed by atoms with Crippen molar-refractivity contribution in [1.82, 2.24) is 10.6 Å². The van der Waals surface area contributed by atoms with Crippen molar-refractivity contribution < 1.29 is 9.59 Å². The lowest BCUT2D eigenvalue weighted by Gasteiger charge is -2.35. The topological polar surface area (TPSA) is 61.4 Å². The standard InChI is InChI=1S/C27H29N3O2/c1-20-9-5-6-12-23(20)27(32)29-22-15-17-30(18-16-22)25-14-8-7-13-24(25)26(31)28-19-21-10-3-2-4-11-21/h2-14,22H,15-19H2,1H3,(H,28,31)(H,29,32). The third kappa shape index (κ3) is 5.17. The van der Waals surface area contributed by atoms with E-state index in [9.17, 15) is 9.59 Å². The second-order valence-electron chi connectivity index (χ2n) is 8.24. The van der Waals surface area contributed by atoms with Crippen molar-refractivity contribution in [2.45, 2.75) is 32.4 Å². The molecule has 5 nitrogen and oxygen atoms in total. The number of carbonyl (C=O) groups is 2. The van der Waals surface area contributed by atoms with Gasteiger partial charge >= 0.3 is 0 Å². The van der Waals surface area contributed by atoms with E-state index >= 15 is 0 Å². The Labute approximate surface area is 189 Å². The molecule has 0 radical (unpaired) electrons. The summed E-state index contributed by atoms with van der Waals surface area (Å²) >= 11 is 0. The zero-order chi connectivity index (χ0) is 22.3. The molecular formula is C27H29N3O2. The molecule has 2 N–H and O–H groups in total. The summed E-state index contributed by atoms with van der Waals surface area (Å²) in [5.41, 5.74) is 4.42. The normalized spacial score (nSPS) is 14.1. The van der Waals surface area contributed by atoms with E-state index in [-0.39, 0.29) is 17.9 Å². The highest BCUT2D eigenvalue weighted by atomic mass is 16.2. The Hall–Kier alpha value is -3.60. The van der Waals surface area contributed by atoms with Gasteiger partial charge in [-0.25, -0.2) is 0 Å². The van der Waals surface area contributed by atoms with Gasteiger partial charge in [0, 0.05) is 36.9 Å². The van der Waals surface area contributed by atoms with Gasteiger partial charge < -0.3 is 15.5 Å². The molecule has 0 atom stereocenters. The molecule has 2 amide bonds. The van der Waals surface area contributed by atoms with Crippen LogP contribution in [0.25, 0.3) is 0 Å². The maximum absolute atomic E-state index is 12.9. The smallest absolute Gasteiger partial charge is 0.253 e. The molecule has 0 unspecified atom stereocenters. The van der Waals surface area contributed by atoms with E-state index < -0.39 is 0 Å². The summed E-state index contributed by atoms with van der Waals surface area (Å²) in [5.74, 6) is -0.0818. The highest BCUT2D eigenvalue weighted by Gasteiger charge is 2.24. The van der Waals surface area contributed by atoms with Gasteiger partial charge in [-0.15, -0.1) is 0 Å². The van der Waals surface area contributed by atoms with Gasteiger partial charge in [0.1, 0.15) is 0 Å². The van der Waals surface area contributed by atoms with E-state index in [1.165, 1.54) is 0 Å². The lowest BCUT2D eigenvalue weighted by atomic mass is 10.0. The molecule has 1 saturated heterocycles. The van der Waals surface area contributed by atoms with E-state index in [4.69, 9.17) is 0 Å². The molecular weight excluding hydrogens is 398 g/mol. The summed E-state index contributed by atoms with van der Waals surface area (Å²) in [6, 6.07) is 25.4. The molecule has 32 heavy (non-hydrogen) atoms. The van der Waals surface area contributed by atoms with Crippen LogP contribution in [0.2, 0.25) is 0 Å². The number of carbonyl (C=O) groups excluding carboxylic acids is 2. The number of nitrogens with zero attached hydrogens (tertiary/aromatic N) is 1. The van der Waals surface area contributed by atoms with Gasteiger partial charge in [0.15, 0.2) is 0 Å². The molecule has 0 saturated carbocycles. The van der Waals surface area contributed by atoms with Crippen molar-refractivity contribution in [3.63, 3.8) is 0 Å². The van der Waals surface area contributed by atoms with Crippen molar-refractivity contribution in [2.24, 2.45) is 0 Å². The first-order chi connectivity index (χ1) is 15.6. The second-order valence-corrected chi connectivity index (χ2v) is 8.24. The van der Waals surface area contributed by atoms with Gasteiger partial charge in [0.05, 0.1) is 5.56 Å². The number of anilines is 1. The van der Waals surface area contributed by atoms with Crippen LogP contribution in [0, 0.1) is 6.92 Å². The maximum Gasteiger partial charge on any atom is 0.253 e. The molecule has 1 heterocycles. The van der Waals surface area contributed by atoms with Crippen LogP contribution in [0.4, 0.5) is 5.69 Å². The Balaban J connectivity index is 1.36. The fraction of sp³-hybridized carbons (Fsp3) is 0.259. The first-order valence-corrected chi connectivity index (χ1v) is 11.1. The Bertz CT molecular complexity index is 1070. The van der Waals surface area contributed by atoms with Gasteiger partial charge in [-0.1, -0.05) is 60.7 Å². The minimum absolute atomic E-state index is 0.0118. The number of benzene rings is 3. The van der Waals surface area contributed by atoms with Gasteiger partial charge in [0.2, 0.25) is 0 Å². The summed E-state index contributed by atoms with van der Waals surface area (Å²) in [5, 5.41) is 6.21. The zero-order valence-corrected chi connectivity index (χ0v) is 18.4. The molecule has 0 aliphatic carbocycles. The first-order valence-electron chi connectivity index (χ1n) is 11.1. The third-order valence-electron chi connectivity index (χ3n) is 6.01. The largest absolute Gasteiger partial charge is 0.371 e. The van der Waals surface area contributed by atoms with E-state index in [0.717, 1.165) is 48.3 Å². The molecule has 1 aliphatic heterocycles. The highest BCUT2D eigenvalue weighted by Crippen LogP contribution is 2.24. The zero-order valence-electron chi connectivity index (χ0n) is 18.4. The van der Waals surface area contributed by atoms with Crippen molar-refractivity contribution >= 4 is 17.5 Å². The van der Waals surface area contributed by atoms with Crippen molar-refractivity contribution in [2.75, 3.05) is 18.0 Å². The van der Waals surface area contributed by atoms with Crippen LogP contribution < -0.4 is 15.5 Å². The van der Waals surface area contributed by atoms with E-state index in [2.05, 4.69) is 15.5 Å². The van der Waals surface area contributed by atoms with Crippen molar-refractivity contribution in [3.05, 3.63) is 101 Å². The average Bonchev–Trinajstić information content (AvgIpc) is 2.84. The summed E-state index contributed by atoms with van der Waals surface area (Å²) in [7, 11) is 0. The minimum atomic E-state index is -0.0700. The predicted molar refractivity (Wildman–Crippen MR) is 128 cm³/mol. The summed E-state index contributed by atoms with van der Waals surface area (Å²) < 4.78 is 0. The number of hydrogen-bond donors (Lipinski definition) is 2. The number of rotatable bonds is 6. The minimum Gasteiger partial charge on any atom is -0.371 e. The SMILES string of the molecule is Cc1ccccc1C(=O)NC1CCN(c2ccccc2C(=O)NCc2ccccc2)CC1. The molecule has 164 valence electrons. The Kier molecular flexibility index (Phi) is 6.85. The lowest BCUT2D eigenvalue weighted by Crippen LogP contribution is -2.45. The molecule has 1 aliphatic rings. The fourth-order valence-electron chi connectivity index (χ4n) is 4.17. The fourth-order valence-corrected chi connectivity index (χ4v) is 4.17. The summed E-state index contributed by atoms with van der Waals surface area (Å²) in [6.45, 7) is 4.04. The number of para-hydroxylation sites is 1. The van der Waals surface area contributed by atoms with Crippen LogP contribution in [-0.4, -0.2) is 30.9 Å². The van der Waals surface area contributed by atoms with Crippen LogP contribution in [-0.2, 0) is 6.54 Å². The third-order valence-corrected chi connectivity index (χ3v) is 6.01. The first kappa shape index (κ1) is 21.6. The molecule has 5 heteroatoms. The van der Waals surface area contributed by atoms with Crippen molar-refractivity contribution in [1.29, 1.82) is 0 Å². The molecule has 0 spiro atoms. The van der Waals surface area contributed by atoms with Gasteiger partial charge in [-0.2, -0.15) is 0 Å². The van der Waals surface area contributed by atoms with Gasteiger partial charge in [-0.3, -0.25) is 9.59 Å². The van der Waals surface area contributed by atoms with Crippen LogP contribution >= 0.6 is 0 Å². The molecule has 0 aromatic heterocycles. The predicted octanol–water partition coefficient (Wildman–Crippen LogP) is 4.32. The number of aryl methyl sites for hydroxylation is 1. The van der Waals surface area contributed by atoms with E-state index in [1.807, 2.05) is 85.8 Å². The molecule has 3 aromatic rings.